The maximum atomic E-state index is 9.21. The molecule has 1 fully saturated rings. The Kier molecular flexibility index (Phi) is 3.65. The Morgan fingerprint density at radius 1 is 0.933 bits per heavy atom. The molecule has 0 bridgehead atoms. The summed E-state index contributed by atoms with van der Waals surface area (Å²) < 4.78 is 0. The third kappa shape index (κ3) is 3.26. The summed E-state index contributed by atoms with van der Waals surface area (Å²) in [5.41, 5.74) is 1.37. The fourth-order valence-electron chi connectivity index (χ4n) is 2.53. The van der Waals surface area contributed by atoms with Crippen molar-refractivity contribution < 1.29 is 5.11 Å². The average molecular weight is 204 g/mol. The quantitative estimate of drug-likeness (QED) is 0.724. The Balaban J connectivity index is 1.92. The molecule has 2 rings (SSSR count). The molecule has 0 atom stereocenters. The van der Waals surface area contributed by atoms with Gasteiger partial charge in [0, 0.05) is 0 Å². The number of rotatable bonds is 2. The minimum atomic E-state index is 0.375. The van der Waals surface area contributed by atoms with Crippen molar-refractivity contribution >= 4 is 0 Å². The van der Waals surface area contributed by atoms with Gasteiger partial charge in [0.25, 0.3) is 0 Å². The summed E-state index contributed by atoms with van der Waals surface area (Å²) in [5, 5.41) is 9.21. The van der Waals surface area contributed by atoms with Crippen molar-refractivity contribution in [1.29, 1.82) is 0 Å². The molecule has 15 heavy (non-hydrogen) atoms. The minimum absolute atomic E-state index is 0.375. The molecule has 1 heteroatoms. The van der Waals surface area contributed by atoms with Crippen LogP contribution in [0.2, 0.25) is 0 Å². The Labute approximate surface area is 92.1 Å². The first kappa shape index (κ1) is 10.5. The summed E-state index contributed by atoms with van der Waals surface area (Å²) >= 11 is 0. The lowest BCUT2D eigenvalue weighted by Crippen LogP contribution is -2.02. The fourth-order valence-corrected chi connectivity index (χ4v) is 2.53. The molecular weight excluding hydrogens is 184 g/mol. The number of hydrogen-bond donors (Lipinski definition) is 1. The van der Waals surface area contributed by atoms with E-state index in [4.69, 9.17) is 0 Å². The highest BCUT2D eigenvalue weighted by Gasteiger charge is 2.12. The molecule has 82 valence electrons. The van der Waals surface area contributed by atoms with Crippen LogP contribution in [0.4, 0.5) is 0 Å². The topological polar surface area (TPSA) is 20.2 Å². The van der Waals surface area contributed by atoms with E-state index in [0.717, 1.165) is 5.92 Å². The van der Waals surface area contributed by atoms with Gasteiger partial charge in [0.1, 0.15) is 5.75 Å². The first-order valence-corrected chi connectivity index (χ1v) is 6.12. The summed E-state index contributed by atoms with van der Waals surface area (Å²) in [4.78, 5) is 0. The van der Waals surface area contributed by atoms with Crippen molar-refractivity contribution in [2.75, 3.05) is 0 Å². The lowest BCUT2D eigenvalue weighted by Gasteiger charge is -2.13. The van der Waals surface area contributed by atoms with E-state index in [1.165, 1.54) is 50.5 Å². The standard InChI is InChI=1S/C14H20O/c15-14-9-7-13(8-10-14)11-12-5-3-1-2-4-6-12/h7-10,12,15H,1-6,11H2. The third-order valence-corrected chi connectivity index (χ3v) is 3.44. The van der Waals surface area contributed by atoms with Crippen molar-refractivity contribution in [3.05, 3.63) is 29.8 Å². The normalized spacial score (nSPS) is 18.7. The van der Waals surface area contributed by atoms with E-state index < -0.39 is 0 Å². The predicted octanol–water partition coefficient (Wildman–Crippen LogP) is 3.91. The molecular formula is C14H20O. The summed E-state index contributed by atoms with van der Waals surface area (Å²) in [6.07, 6.45) is 9.63. The number of benzene rings is 1. The van der Waals surface area contributed by atoms with Gasteiger partial charge in [-0.05, 0) is 30.0 Å². The van der Waals surface area contributed by atoms with Crippen LogP contribution in [0, 0.1) is 5.92 Å². The van der Waals surface area contributed by atoms with Crippen LogP contribution in [0.5, 0.6) is 5.75 Å². The SMILES string of the molecule is Oc1ccc(CC2CCCCCC2)cc1. The molecule has 0 spiro atoms. The van der Waals surface area contributed by atoms with Crippen molar-refractivity contribution in [2.24, 2.45) is 5.92 Å². The summed E-state index contributed by atoms with van der Waals surface area (Å²) in [6.45, 7) is 0. The molecule has 1 nitrogen and oxygen atoms in total. The Hall–Kier alpha value is -0.980. The molecule has 0 amide bonds. The highest BCUT2D eigenvalue weighted by molar-refractivity contribution is 5.26. The smallest absolute Gasteiger partial charge is 0.115 e. The summed E-state index contributed by atoms with van der Waals surface area (Å²) in [7, 11) is 0. The van der Waals surface area contributed by atoms with E-state index >= 15 is 0 Å². The monoisotopic (exact) mass is 204 g/mol. The van der Waals surface area contributed by atoms with Crippen LogP contribution < -0.4 is 0 Å². The van der Waals surface area contributed by atoms with Gasteiger partial charge < -0.3 is 5.11 Å². The zero-order chi connectivity index (χ0) is 10.5. The van der Waals surface area contributed by atoms with E-state index in [1.807, 2.05) is 0 Å². The average Bonchev–Trinajstić information content (AvgIpc) is 2.50. The van der Waals surface area contributed by atoms with Crippen LogP contribution in [0.15, 0.2) is 24.3 Å². The highest BCUT2D eigenvalue weighted by atomic mass is 16.3. The first-order valence-electron chi connectivity index (χ1n) is 6.12. The van der Waals surface area contributed by atoms with E-state index in [2.05, 4.69) is 12.1 Å². The lowest BCUT2D eigenvalue weighted by molar-refractivity contribution is 0.455. The molecule has 0 heterocycles. The van der Waals surface area contributed by atoms with Crippen LogP contribution in [0.25, 0.3) is 0 Å². The van der Waals surface area contributed by atoms with Gasteiger partial charge in [-0.25, -0.2) is 0 Å². The van der Waals surface area contributed by atoms with Crippen LogP contribution in [0.1, 0.15) is 44.1 Å². The summed E-state index contributed by atoms with van der Waals surface area (Å²) in [6, 6.07) is 7.71. The van der Waals surface area contributed by atoms with Crippen molar-refractivity contribution in [1.82, 2.24) is 0 Å². The predicted molar refractivity (Wildman–Crippen MR) is 63.0 cm³/mol. The first-order chi connectivity index (χ1) is 7.34. The van der Waals surface area contributed by atoms with E-state index in [9.17, 15) is 5.11 Å². The Morgan fingerprint density at radius 2 is 1.53 bits per heavy atom. The second-order valence-corrected chi connectivity index (χ2v) is 4.73. The van der Waals surface area contributed by atoms with Crippen LogP contribution in [-0.2, 0) is 6.42 Å². The molecule has 1 aliphatic carbocycles. The van der Waals surface area contributed by atoms with Crippen molar-refractivity contribution in [3.63, 3.8) is 0 Å². The number of phenolic OH excluding ortho intramolecular Hbond substituents is 1. The zero-order valence-corrected chi connectivity index (χ0v) is 9.28. The summed E-state index contributed by atoms with van der Waals surface area (Å²) in [5.74, 6) is 1.25. The van der Waals surface area contributed by atoms with Gasteiger partial charge in [-0.15, -0.1) is 0 Å². The molecule has 1 N–H and O–H groups in total. The minimum Gasteiger partial charge on any atom is -0.508 e. The van der Waals surface area contributed by atoms with Gasteiger partial charge in [0.05, 0.1) is 0 Å². The third-order valence-electron chi connectivity index (χ3n) is 3.44. The van der Waals surface area contributed by atoms with Gasteiger partial charge in [-0.1, -0.05) is 50.7 Å². The molecule has 0 aliphatic heterocycles. The molecule has 1 aromatic rings. The van der Waals surface area contributed by atoms with Gasteiger partial charge in [0.2, 0.25) is 0 Å². The van der Waals surface area contributed by atoms with Gasteiger partial charge >= 0.3 is 0 Å². The highest BCUT2D eigenvalue weighted by Crippen LogP contribution is 2.26. The van der Waals surface area contributed by atoms with Crippen molar-refractivity contribution in [3.8, 4) is 5.75 Å². The molecule has 0 aromatic heterocycles. The molecule has 0 saturated heterocycles. The largest absolute Gasteiger partial charge is 0.508 e. The van der Waals surface area contributed by atoms with Crippen LogP contribution >= 0.6 is 0 Å². The second-order valence-electron chi connectivity index (χ2n) is 4.73. The molecule has 1 aromatic carbocycles. The Bertz CT molecular complexity index is 281. The van der Waals surface area contributed by atoms with Gasteiger partial charge in [-0.2, -0.15) is 0 Å². The maximum Gasteiger partial charge on any atom is 0.115 e. The van der Waals surface area contributed by atoms with E-state index in [0.29, 0.717) is 5.75 Å². The van der Waals surface area contributed by atoms with Gasteiger partial charge in [-0.3, -0.25) is 0 Å². The molecule has 1 saturated carbocycles. The molecule has 0 unspecified atom stereocenters. The molecule has 0 radical (unpaired) electrons. The second kappa shape index (κ2) is 5.20. The molecule has 1 aliphatic rings. The number of hydrogen-bond acceptors (Lipinski definition) is 1. The number of aromatic hydroxyl groups is 1. The number of phenols is 1. The zero-order valence-electron chi connectivity index (χ0n) is 9.28. The van der Waals surface area contributed by atoms with Gasteiger partial charge in [0.15, 0.2) is 0 Å². The van der Waals surface area contributed by atoms with Crippen LogP contribution in [-0.4, -0.2) is 5.11 Å². The van der Waals surface area contributed by atoms with E-state index in [1.54, 1.807) is 12.1 Å². The fraction of sp³-hybridized carbons (Fsp3) is 0.571. The van der Waals surface area contributed by atoms with Crippen LogP contribution in [0.3, 0.4) is 0 Å². The Morgan fingerprint density at radius 3 is 2.13 bits per heavy atom. The van der Waals surface area contributed by atoms with E-state index in [-0.39, 0.29) is 0 Å². The van der Waals surface area contributed by atoms with Crippen molar-refractivity contribution in [2.45, 2.75) is 44.9 Å². The maximum absolute atomic E-state index is 9.21. The lowest BCUT2D eigenvalue weighted by atomic mass is 9.92.